The minimum absolute atomic E-state index is 0.0799. The van der Waals surface area contributed by atoms with Crippen molar-refractivity contribution in [2.45, 2.75) is 12.3 Å². The predicted molar refractivity (Wildman–Crippen MR) is 99.2 cm³/mol. The summed E-state index contributed by atoms with van der Waals surface area (Å²) in [5.41, 5.74) is 7.61. The second kappa shape index (κ2) is 7.29. The topological polar surface area (TPSA) is 84.6 Å². The zero-order chi connectivity index (χ0) is 17.9. The molecule has 2 saturated heterocycles. The van der Waals surface area contributed by atoms with Crippen LogP contribution in [-0.4, -0.2) is 60.2 Å². The van der Waals surface area contributed by atoms with Crippen LogP contribution in [0.3, 0.4) is 0 Å². The van der Waals surface area contributed by atoms with Crippen molar-refractivity contribution < 1.29 is 9.53 Å². The van der Waals surface area contributed by atoms with Gasteiger partial charge in [0.25, 0.3) is 5.91 Å². The number of amides is 1. The molecule has 136 valence electrons. The van der Waals surface area contributed by atoms with E-state index in [1.807, 2.05) is 41.3 Å². The maximum atomic E-state index is 12.6. The van der Waals surface area contributed by atoms with Gasteiger partial charge in [-0.1, -0.05) is 18.2 Å². The van der Waals surface area contributed by atoms with E-state index in [-0.39, 0.29) is 5.91 Å². The van der Waals surface area contributed by atoms with Crippen LogP contribution in [0.1, 0.15) is 28.4 Å². The SMILES string of the molecule is Nc1nc([C@@H]2CCOC2)cc(N2CCN(C(=O)c3ccccc3)CC2)n1. The highest BCUT2D eigenvalue weighted by Gasteiger charge is 2.25. The number of hydrogen-bond donors (Lipinski definition) is 1. The molecule has 0 spiro atoms. The second-order valence-corrected chi connectivity index (χ2v) is 6.71. The lowest BCUT2D eigenvalue weighted by Gasteiger charge is -2.35. The molecule has 1 atom stereocenters. The van der Waals surface area contributed by atoms with E-state index in [2.05, 4.69) is 14.9 Å². The molecule has 2 aliphatic heterocycles. The Bertz CT molecular complexity index is 769. The summed E-state index contributed by atoms with van der Waals surface area (Å²) in [6, 6.07) is 11.4. The number of nitrogens with two attached hydrogens (primary N) is 1. The smallest absolute Gasteiger partial charge is 0.253 e. The summed E-state index contributed by atoms with van der Waals surface area (Å²) in [6.07, 6.45) is 0.968. The first kappa shape index (κ1) is 16.8. The number of anilines is 2. The van der Waals surface area contributed by atoms with Crippen LogP contribution in [0.5, 0.6) is 0 Å². The molecule has 0 radical (unpaired) electrons. The van der Waals surface area contributed by atoms with Gasteiger partial charge in [0.1, 0.15) is 5.82 Å². The van der Waals surface area contributed by atoms with Crippen LogP contribution in [0.15, 0.2) is 36.4 Å². The van der Waals surface area contributed by atoms with E-state index in [0.717, 1.165) is 43.2 Å². The Morgan fingerprint density at radius 3 is 2.58 bits per heavy atom. The van der Waals surface area contributed by atoms with Crippen molar-refractivity contribution in [2.24, 2.45) is 0 Å². The van der Waals surface area contributed by atoms with Gasteiger partial charge in [-0.3, -0.25) is 4.79 Å². The number of benzene rings is 1. The molecule has 4 rings (SSSR count). The van der Waals surface area contributed by atoms with E-state index >= 15 is 0 Å². The molecule has 2 aliphatic rings. The largest absolute Gasteiger partial charge is 0.381 e. The number of rotatable bonds is 3. The minimum atomic E-state index is 0.0799. The minimum Gasteiger partial charge on any atom is -0.381 e. The van der Waals surface area contributed by atoms with Crippen LogP contribution < -0.4 is 10.6 Å². The van der Waals surface area contributed by atoms with Crippen molar-refractivity contribution in [3.8, 4) is 0 Å². The standard InChI is InChI=1S/C19H23N5O2/c20-19-21-16(15-6-11-26-13-15)12-17(22-19)23-7-9-24(10-8-23)18(25)14-4-2-1-3-5-14/h1-5,12,15H,6-11,13H2,(H2,20,21,22)/t15-/m1/s1. The normalized spacial score (nSPS) is 20.4. The molecule has 2 fully saturated rings. The molecular weight excluding hydrogens is 330 g/mol. The molecule has 2 aromatic rings. The van der Waals surface area contributed by atoms with Crippen LogP contribution in [0, 0.1) is 0 Å². The molecule has 2 N–H and O–H groups in total. The molecule has 7 nitrogen and oxygen atoms in total. The molecule has 26 heavy (non-hydrogen) atoms. The third-order valence-corrected chi connectivity index (χ3v) is 5.01. The Hall–Kier alpha value is -2.67. The number of carbonyl (C=O) groups is 1. The lowest BCUT2D eigenvalue weighted by Crippen LogP contribution is -2.49. The van der Waals surface area contributed by atoms with Gasteiger partial charge in [0.05, 0.1) is 12.3 Å². The first-order chi connectivity index (χ1) is 12.7. The van der Waals surface area contributed by atoms with E-state index < -0.39 is 0 Å². The molecular formula is C19H23N5O2. The van der Waals surface area contributed by atoms with E-state index in [1.54, 1.807) is 0 Å². The Kier molecular flexibility index (Phi) is 4.71. The summed E-state index contributed by atoms with van der Waals surface area (Å²) in [5.74, 6) is 1.51. The number of carbonyl (C=O) groups excluding carboxylic acids is 1. The molecule has 1 aromatic heterocycles. The number of nitrogens with zero attached hydrogens (tertiary/aromatic N) is 4. The first-order valence-corrected chi connectivity index (χ1v) is 9.02. The highest BCUT2D eigenvalue weighted by Crippen LogP contribution is 2.27. The van der Waals surface area contributed by atoms with Crippen molar-refractivity contribution in [3.05, 3.63) is 47.7 Å². The third-order valence-electron chi connectivity index (χ3n) is 5.01. The summed E-state index contributed by atoms with van der Waals surface area (Å²) in [7, 11) is 0. The Balaban J connectivity index is 1.44. The Morgan fingerprint density at radius 2 is 1.88 bits per heavy atom. The van der Waals surface area contributed by atoms with Crippen molar-refractivity contribution >= 4 is 17.7 Å². The van der Waals surface area contributed by atoms with Crippen molar-refractivity contribution in [1.29, 1.82) is 0 Å². The predicted octanol–water partition coefficient (Wildman–Crippen LogP) is 1.53. The maximum Gasteiger partial charge on any atom is 0.253 e. The molecule has 0 saturated carbocycles. The highest BCUT2D eigenvalue weighted by molar-refractivity contribution is 5.94. The van der Waals surface area contributed by atoms with Gasteiger partial charge in [-0.15, -0.1) is 0 Å². The lowest BCUT2D eigenvalue weighted by molar-refractivity contribution is 0.0746. The summed E-state index contributed by atoms with van der Waals surface area (Å²) in [6.45, 7) is 4.25. The summed E-state index contributed by atoms with van der Waals surface area (Å²) in [5, 5.41) is 0. The van der Waals surface area contributed by atoms with Gasteiger partial charge < -0.3 is 20.3 Å². The molecule has 1 amide bonds. The molecule has 0 unspecified atom stereocenters. The van der Waals surface area contributed by atoms with Crippen molar-refractivity contribution in [1.82, 2.24) is 14.9 Å². The number of ether oxygens (including phenoxy) is 1. The fourth-order valence-electron chi connectivity index (χ4n) is 3.51. The van der Waals surface area contributed by atoms with Gasteiger partial charge in [0.2, 0.25) is 5.95 Å². The Labute approximate surface area is 152 Å². The van der Waals surface area contributed by atoms with E-state index in [9.17, 15) is 4.79 Å². The molecule has 0 bridgehead atoms. The van der Waals surface area contributed by atoms with Gasteiger partial charge in [-0.05, 0) is 18.6 Å². The maximum absolute atomic E-state index is 12.6. The molecule has 3 heterocycles. The zero-order valence-electron chi connectivity index (χ0n) is 14.7. The van der Waals surface area contributed by atoms with Gasteiger partial charge >= 0.3 is 0 Å². The highest BCUT2D eigenvalue weighted by atomic mass is 16.5. The number of piperazine rings is 1. The average Bonchev–Trinajstić information content (AvgIpc) is 3.23. The first-order valence-electron chi connectivity index (χ1n) is 9.02. The fourth-order valence-corrected chi connectivity index (χ4v) is 3.51. The third kappa shape index (κ3) is 3.48. The van der Waals surface area contributed by atoms with E-state index in [1.165, 1.54) is 0 Å². The van der Waals surface area contributed by atoms with Gasteiger partial charge in [-0.25, -0.2) is 4.98 Å². The van der Waals surface area contributed by atoms with E-state index in [4.69, 9.17) is 10.5 Å². The van der Waals surface area contributed by atoms with Gasteiger partial charge in [0.15, 0.2) is 0 Å². The van der Waals surface area contributed by atoms with Crippen LogP contribution in [0.25, 0.3) is 0 Å². The second-order valence-electron chi connectivity index (χ2n) is 6.71. The summed E-state index contributed by atoms with van der Waals surface area (Å²) >= 11 is 0. The average molecular weight is 353 g/mol. The molecule has 7 heteroatoms. The molecule has 0 aliphatic carbocycles. The number of nitrogen functional groups attached to an aromatic ring is 1. The van der Waals surface area contributed by atoms with Crippen molar-refractivity contribution in [2.75, 3.05) is 50.0 Å². The van der Waals surface area contributed by atoms with Crippen LogP contribution in [0.4, 0.5) is 11.8 Å². The lowest BCUT2D eigenvalue weighted by atomic mass is 10.0. The van der Waals surface area contributed by atoms with E-state index in [0.29, 0.717) is 31.6 Å². The van der Waals surface area contributed by atoms with Gasteiger partial charge in [-0.2, -0.15) is 4.98 Å². The van der Waals surface area contributed by atoms with Crippen LogP contribution in [0.2, 0.25) is 0 Å². The zero-order valence-corrected chi connectivity index (χ0v) is 14.7. The number of aromatic nitrogens is 2. The summed E-state index contributed by atoms with van der Waals surface area (Å²) < 4.78 is 5.46. The number of hydrogen-bond acceptors (Lipinski definition) is 6. The summed E-state index contributed by atoms with van der Waals surface area (Å²) in [4.78, 5) is 25.4. The fraction of sp³-hybridized carbons (Fsp3) is 0.421. The van der Waals surface area contributed by atoms with Crippen LogP contribution >= 0.6 is 0 Å². The monoisotopic (exact) mass is 353 g/mol. The Morgan fingerprint density at radius 1 is 1.12 bits per heavy atom. The van der Waals surface area contributed by atoms with Gasteiger partial charge in [0, 0.05) is 50.3 Å². The van der Waals surface area contributed by atoms with Crippen LogP contribution in [-0.2, 0) is 4.74 Å². The quantitative estimate of drug-likeness (QED) is 0.901. The molecule has 1 aromatic carbocycles. The van der Waals surface area contributed by atoms with Crippen molar-refractivity contribution in [3.63, 3.8) is 0 Å².